The predicted octanol–water partition coefficient (Wildman–Crippen LogP) is 1.00. The van der Waals surface area contributed by atoms with E-state index >= 15 is 0 Å². The monoisotopic (exact) mass is 309 g/mol. The van der Waals surface area contributed by atoms with Crippen molar-refractivity contribution >= 4 is 10.0 Å². The summed E-state index contributed by atoms with van der Waals surface area (Å²) in [6.45, 7) is 0.572. The van der Waals surface area contributed by atoms with E-state index in [1.54, 1.807) is 7.11 Å². The molecule has 0 aliphatic rings. The molecule has 1 aromatic carbocycles. The maximum Gasteiger partial charge on any atom is 0.242 e. The van der Waals surface area contributed by atoms with Crippen molar-refractivity contribution in [1.29, 1.82) is 0 Å². The number of nitrogens with two attached hydrogens (primary N) is 1. The summed E-state index contributed by atoms with van der Waals surface area (Å²) in [6.07, 6.45) is 1.99. The van der Waals surface area contributed by atoms with Crippen LogP contribution in [0.4, 0.5) is 0 Å². The third kappa shape index (κ3) is 3.84. The summed E-state index contributed by atoms with van der Waals surface area (Å²) in [5.41, 5.74) is 7.09. The summed E-state index contributed by atoms with van der Waals surface area (Å²) in [5, 5.41) is 0. The summed E-state index contributed by atoms with van der Waals surface area (Å²) >= 11 is 0. The third-order valence-corrected chi connectivity index (χ3v) is 4.57. The second-order valence-electron chi connectivity index (χ2n) is 4.52. The molecule has 0 amide bonds. The van der Waals surface area contributed by atoms with Crippen molar-refractivity contribution < 1.29 is 13.2 Å². The fourth-order valence-corrected chi connectivity index (χ4v) is 3.05. The molecule has 2 rings (SSSR count). The lowest BCUT2D eigenvalue weighted by Crippen LogP contribution is -2.25. The van der Waals surface area contributed by atoms with Crippen LogP contribution in [-0.2, 0) is 23.0 Å². The number of aromatic nitrogens is 1. The number of aromatic amines is 1. The van der Waals surface area contributed by atoms with Crippen LogP contribution in [0.25, 0.3) is 0 Å². The zero-order valence-corrected chi connectivity index (χ0v) is 12.6. The van der Waals surface area contributed by atoms with Crippen molar-refractivity contribution in [2.75, 3.05) is 13.7 Å². The molecule has 1 heterocycles. The minimum atomic E-state index is -3.52. The number of ether oxygens (including phenoxy) is 1. The van der Waals surface area contributed by atoms with Gasteiger partial charge < -0.3 is 15.5 Å². The van der Waals surface area contributed by atoms with Crippen LogP contribution in [-0.4, -0.2) is 27.1 Å². The van der Waals surface area contributed by atoms with Gasteiger partial charge in [-0.25, -0.2) is 13.1 Å². The zero-order chi connectivity index (χ0) is 15.3. The highest BCUT2D eigenvalue weighted by atomic mass is 32.2. The summed E-state index contributed by atoms with van der Waals surface area (Å²) in [5.74, 6) is 0.753. The number of methoxy groups -OCH3 is 1. The third-order valence-electron chi connectivity index (χ3n) is 3.13. The molecule has 0 spiro atoms. The Bertz CT molecular complexity index is 695. The molecular formula is C14H19N3O3S. The van der Waals surface area contributed by atoms with Gasteiger partial charge in [0.15, 0.2) is 0 Å². The highest BCUT2D eigenvalue weighted by molar-refractivity contribution is 7.89. The lowest BCUT2D eigenvalue weighted by molar-refractivity contribution is 0.409. The number of rotatable bonds is 7. The van der Waals surface area contributed by atoms with Crippen LogP contribution in [0.1, 0.15) is 11.3 Å². The average Bonchev–Trinajstić information content (AvgIpc) is 2.97. The molecule has 0 saturated carbocycles. The molecule has 1 aromatic heterocycles. The number of hydrogen-bond acceptors (Lipinski definition) is 4. The van der Waals surface area contributed by atoms with E-state index in [2.05, 4.69) is 9.71 Å². The van der Waals surface area contributed by atoms with Crippen LogP contribution >= 0.6 is 0 Å². The number of nitrogens with one attached hydrogen (secondary N) is 2. The fraction of sp³-hybridized carbons (Fsp3) is 0.286. The van der Waals surface area contributed by atoms with Gasteiger partial charge >= 0.3 is 0 Å². The highest BCUT2D eigenvalue weighted by Crippen LogP contribution is 2.17. The maximum atomic E-state index is 12.1. The van der Waals surface area contributed by atoms with Crippen LogP contribution in [0.2, 0.25) is 0 Å². The van der Waals surface area contributed by atoms with Crippen molar-refractivity contribution in [2.45, 2.75) is 17.9 Å². The molecule has 2 aromatic rings. The second-order valence-corrected chi connectivity index (χ2v) is 6.29. The Hall–Kier alpha value is -1.83. The van der Waals surface area contributed by atoms with Crippen molar-refractivity contribution in [1.82, 2.24) is 9.71 Å². The molecule has 21 heavy (non-hydrogen) atoms. The first-order chi connectivity index (χ1) is 10.1. The molecule has 0 radical (unpaired) electrons. The van der Waals surface area contributed by atoms with Gasteiger partial charge in [0, 0.05) is 25.0 Å². The van der Waals surface area contributed by atoms with Gasteiger partial charge in [-0.2, -0.15) is 0 Å². The van der Waals surface area contributed by atoms with Gasteiger partial charge in [0.1, 0.15) is 5.75 Å². The smallest absolute Gasteiger partial charge is 0.242 e. The Balaban J connectivity index is 1.99. The first-order valence-electron chi connectivity index (χ1n) is 6.55. The van der Waals surface area contributed by atoms with Gasteiger partial charge in [-0.15, -0.1) is 0 Å². The number of benzene rings is 1. The van der Waals surface area contributed by atoms with E-state index in [0.29, 0.717) is 18.7 Å². The van der Waals surface area contributed by atoms with Gasteiger partial charge in [-0.05, 0) is 24.1 Å². The minimum Gasteiger partial charge on any atom is -0.496 e. The molecule has 0 bridgehead atoms. The van der Waals surface area contributed by atoms with Gasteiger partial charge in [0.25, 0.3) is 0 Å². The topological polar surface area (TPSA) is 97.2 Å². The summed E-state index contributed by atoms with van der Waals surface area (Å²) < 4.78 is 32.0. The van der Waals surface area contributed by atoms with Crippen molar-refractivity contribution in [2.24, 2.45) is 5.73 Å². The Morgan fingerprint density at radius 1 is 1.33 bits per heavy atom. The minimum absolute atomic E-state index is 0.197. The molecule has 0 saturated heterocycles. The van der Waals surface area contributed by atoms with Gasteiger partial charge in [0.2, 0.25) is 10.0 Å². The Kier molecular flexibility index (Phi) is 5.00. The van der Waals surface area contributed by atoms with E-state index in [-0.39, 0.29) is 11.4 Å². The Morgan fingerprint density at radius 3 is 2.76 bits per heavy atom. The zero-order valence-electron chi connectivity index (χ0n) is 11.8. The lowest BCUT2D eigenvalue weighted by Gasteiger charge is -2.09. The SMILES string of the molecule is COc1ccccc1CCNS(=O)(=O)c1c[nH]c(CN)c1. The molecule has 0 atom stereocenters. The molecule has 0 fully saturated rings. The van der Waals surface area contributed by atoms with E-state index < -0.39 is 10.0 Å². The first-order valence-corrected chi connectivity index (χ1v) is 8.04. The van der Waals surface area contributed by atoms with Gasteiger partial charge in [0.05, 0.1) is 12.0 Å². The van der Waals surface area contributed by atoms with Crippen molar-refractivity contribution in [3.8, 4) is 5.75 Å². The van der Waals surface area contributed by atoms with Crippen molar-refractivity contribution in [3.05, 3.63) is 47.8 Å². The van der Waals surface area contributed by atoms with Gasteiger partial charge in [-0.3, -0.25) is 0 Å². The number of para-hydroxylation sites is 1. The van der Waals surface area contributed by atoms with Crippen LogP contribution < -0.4 is 15.2 Å². The molecular weight excluding hydrogens is 290 g/mol. The Labute approximate surface area is 124 Å². The summed E-state index contributed by atoms with van der Waals surface area (Å²) in [7, 11) is -1.92. The molecule has 0 aliphatic heterocycles. The number of sulfonamides is 1. The largest absolute Gasteiger partial charge is 0.496 e. The van der Waals surface area contributed by atoms with E-state index in [4.69, 9.17) is 10.5 Å². The van der Waals surface area contributed by atoms with E-state index in [0.717, 1.165) is 11.3 Å². The summed E-state index contributed by atoms with van der Waals surface area (Å²) in [6, 6.07) is 9.07. The molecule has 7 heteroatoms. The van der Waals surface area contributed by atoms with Crippen LogP contribution in [0, 0.1) is 0 Å². The van der Waals surface area contributed by atoms with E-state index in [1.807, 2.05) is 24.3 Å². The predicted molar refractivity (Wildman–Crippen MR) is 80.6 cm³/mol. The van der Waals surface area contributed by atoms with Gasteiger partial charge in [-0.1, -0.05) is 18.2 Å². The normalized spacial score (nSPS) is 11.5. The maximum absolute atomic E-state index is 12.1. The average molecular weight is 309 g/mol. The highest BCUT2D eigenvalue weighted by Gasteiger charge is 2.15. The standard InChI is InChI=1S/C14H19N3O3S/c1-20-14-5-3-2-4-11(14)6-7-17-21(18,19)13-8-12(9-15)16-10-13/h2-5,8,10,16-17H,6-7,9,15H2,1H3. The second kappa shape index (κ2) is 6.75. The van der Waals surface area contributed by atoms with Crippen LogP contribution in [0.5, 0.6) is 5.75 Å². The molecule has 0 unspecified atom stereocenters. The Morgan fingerprint density at radius 2 is 2.10 bits per heavy atom. The molecule has 114 valence electrons. The quantitative estimate of drug-likeness (QED) is 0.711. The summed E-state index contributed by atoms with van der Waals surface area (Å²) in [4.78, 5) is 3.02. The van der Waals surface area contributed by atoms with Crippen molar-refractivity contribution in [3.63, 3.8) is 0 Å². The van der Waals surface area contributed by atoms with Crippen LogP contribution in [0.3, 0.4) is 0 Å². The van der Waals surface area contributed by atoms with E-state index in [9.17, 15) is 8.42 Å². The fourth-order valence-electron chi connectivity index (χ4n) is 2.00. The number of hydrogen-bond donors (Lipinski definition) is 3. The molecule has 4 N–H and O–H groups in total. The van der Waals surface area contributed by atoms with E-state index in [1.165, 1.54) is 12.3 Å². The molecule has 6 nitrogen and oxygen atoms in total. The lowest BCUT2D eigenvalue weighted by atomic mass is 10.1. The molecule has 0 aliphatic carbocycles. The number of H-pyrrole nitrogens is 1. The first kappa shape index (κ1) is 15.6. The van der Waals surface area contributed by atoms with Crippen LogP contribution in [0.15, 0.2) is 41.4 Å².